The zero-order chi connectivity index (χ0) is 12.5. The smallest absolute Gasteiger partial charge is 0.161 e. The van der Waals surface area contributed by atoms with Crippen LogP contribution >= 0.6 is 27.5 Å². The lowest BCUT2D eigenvalue weighted by atomic mass is 10.2. The average molecular weight is 320 g/mol. The molecule has 0 N–H and O–H groups in total. The number of benzene rings is 2. The number of halogens is 2. The van der Waals surface area contributed by atoms with Gasteiger partial charge in [-0.15, -0.1) is 0 Å². The Kier molecular flexibility index (Phi) is 3.02. The number of nitrogens with zero attached hydrogens (tertiary/aromatic N) is 2. The highest BCUT2D eigenvalue weighted by atomic mass is 79.9. The van der Waals surface area contributed by atoms with Crippen molar-refractivity contribution in [2.75, 3.05) is 0 Å². The highest BCUT2D eigenvalue weighted by Gasteiger charge is 2.06. The average Bonchev–Trinajstić information content (AvgIpc) is 2.39. The third kappa shape index (κ3) is 2.11. The molecule has 0 bridgehead atoms. The summed E-state index contributed by atoms with van der Waals surface area (Å²) in [5.74, 6) is 0.692. The summed E-state index contributed by atoms with van der Waals surface area (Å²) in [5.41, 5.74) is 1.87. The van der Waals surface area contributed by atoms with Gasteiger partial charge in [-0.3, -0.25) is 0 Å². The van der Waals surface area contributed by atoms with Crippen molar-refractivity contribution >= 4 is 38.4 Å². The van der Waals surface area contributed by atoms with Gasteiger partial charge in [0.2, 0.25) is 0 Å². The molecule has 3 aromatic rings. The minimum absolute atomic E-state index is 0.692. The molecule has 2 nitrogen and oxygen atoms in total. The summed E-state index contributed by atoms with van der Waals surface area (Å²) in [7, 11) is 0. The lowest BCUT2D eigenvalue weighted by Crippen LogP contribution is -1.91. The van der Waals surface area contributed by atoms with Crippen LogP contribution in [0.2, 0.25) is 5.02 Å². The fourth-order valence-electron chi connectivity index (χ4n) is 1.77. The molecule has 0 unspecified atom stereocenters. The van der Waals surface area contributed by atoms with Crippen LogP contribution in [0.4, 0.5) is 0 Å². The predicted octanol–water partition coefficient (Wildman–Crippen LogP) is 4.71. The van der Waals surface area contributed by atoms with E-state index >= 15 is 0 Å². The standard InChI is InChI=1S/C14H8BrClN2/c15-13-11-3-1-2-4-12(11)17-14(18-13)9-5-7-10(16)8-6-9/h1-8H. The zero-order valence-electron chi connectivity index (χ0n) is 9.27. The van der Waals surface area contributed by atoms with Crippen LogP contribution in [0, 0.1) is 0 Å². The van der Waals surface area contributed by atoms with E-state index in [1.54, 1.807) is 0 Å². The molecule has 2 aromatic carbocycles. The number of aromatic nitrogens is 2. The van der Waals surface area contributed by atoms with Crippen molar-refractivity contribution in [1.82, 2.24) is 9.97 Å². The van der Waals surface area contributed by atoms with Crippen molar-refractivity contribution in [3.05, 3.63) is 58.2 Å². The fraction of sp³-hybridized carbons (Fsp3) is 0. The normalized spacial score (nSPS) is 10.8. The van der Waals surface area contributed by atoms with Crippen molar-refractivity contribution in [1.29, 1.82) is 0 Å². The van der Waals surface area contributed by atoms with Gasteiger partial charge in [0, 0.05) is 16.0 Å². The summed E-state index contributed by atoms with van der Waals surface area (Å²) in [4.78, 5) is 9.02. The molecule has 0 aliphatic heterocycles. The summed E-state index contributed by atoms with van der Waals surface area (Å²) < 4.78 is 0.804. The monoisotopic (exact) mass is 318 g/mol. The van der Waals surface area contributed by atoms with Crippen molar-refractivity contribution in [3.8, 4) is 11.4 Å². The number of hydrogen-bond acceptors (Lipinski definition) is 2. The Morgan fingerprint density at radius 2 is 1.61 bits per heavy atom. The summed E-state index contributed by atoms with van der Waals surface area (Å²) in [6.07, 6.45) is 0. The molecule has 4 heteroatoms. The maximum absolute atomic E-state index is 5.88. The molecule has 0 spiro atoms. The first-order valence-corrected chi connectivity index (χ1v) is 6.59. The summed E-state index contributed by atoms with van der Waals surface area (Å²) in [6.45, 7) is 0. The van der Waals surface area contributed by atoms with E-state index in [9.17, 15) is 0 Å². The first-order valence-electron chi connectivity index (χ1n) is 5.42. The Bertz CT molecular complexity index is 711. The number of para-hydroxylation sites is 1. The molecule has 0 amide bonds. The Morgan fingerprint density at radius 1 is 0.889 bits per heavy atom. The van der Waals surface area contributed by atoms with E-state index in [1.807, 2.05) is 48.5 Å². The molecule has 0 saturated heterocycles. The topological polar surface area (TPSA) is 25.8 Å². The summed E-state index contributed by atoms with van der Waals surface area (Å²) in [5, 5.41) is 1.72. The zero-order valence-corrected chi connectivity index (χ0v) is 11.6. The Hall–Kier alpha value is -1.45. The maximum atomic E-state index is 5.88. The lowest BCUT2D eigenvalue weighted by molar-refractivity contribution is 1.20. The molecular weight excluding hydrogens is 312 g/mol. The van der Waals surface area contributed by atoms with Crippen LogP contribution in [-0.4, -0.2) is 9.97 Å². The quantitative estimate of drug-likeness (QED) is 0.607. The highest BCUT2D eigenvalue weighted by Crippen LogP contribution is 2.25. The second-order valence-electron chi connectivity index (χ2n) is 3.86. The molecule has 0 fully saturated rings. The molecule has 3 rings (SSSR count). The molecule has 18 heavy (non-hydrogen) atoms. The van der Waals surface area contributed by atoms with E-state index < -0.39 is 0 Å². The van der Waals surface area contributed by atoms with E-state index in [4.69, 9.17) is 11.6 Å². The van der Waals surface area contributed by atoms with E-state index in [0.717, 1.165) is 21.1 Å². The van der Waals surface area contributed by atoms with Crippen LogP contribution in [0.1, 0.15) is 0 Å². The number of hydrogen-bond donors (Lipinski definition) is 0. The van der Waals surface area contributed by atoms with Crippen LogP contribution in [-0.2, 0) is 0 Å². The molecule has 0 atom stereocenters. The third-order valence-corrected chi connectivity index (χ3v) is 3.52. The largest absolute Gasteiger partial charge is 0.228 e. The van der Waals surface area contributed by atoms with Crippen LogP contribution in [0.15, 0.2) is 53.1 Å². The Labute approximate surface area is 118 Å². The van der Waals surface area contributed by atoms with Gasteiger partial charge in [-0.25, -0.2) is 9.97 Å². The van der Waals surface area contributed by atoms with Gasteiger partial charge in [-0.1, -0.05) is 29.8 Å². The fourth-order valence-corrected chi connectivity index (χ4v) is 2.40. The van der Waals surface area contributed by atoms with Crippen LogP contribution < -0.4 is 0 Å². The minimum Gasteiger partial charge on any atom is -0.228 e. The van der Waals surface area contributed by atoms with E-state index in [1.165, 1.54) is 0 Å². The van der Waals surface area contributed by atoms with Crippen molar-refractivity contribution in [2.45, 2.75) is 0 Å². The van der Waals surface area contributed by atoms with Crippen molar-refractivity contribution in [2.24, 2.45) is 0 Å². The van der Waals surface area contributed by atoms with Gasteiger partial charge < -0.3 is 0 Å². The second-order valence-corrected chi connectivity index (χ2v) is 5.05. The van der Waals surface area contributed by atoms with Crippen molar-refractivity contribution in [3.63, 3.8) is 0 Å². The third-order valence-electron chi connectivity index (χ3n) is 2.66. The molecule has 0 radical (unpaired) electrons. The lowest BCUT2D eigenvalue weighted by Gasteiger charge is -2.04. The van der Waals surface area contributed by atoms with Crippen LogP contribution in [0.5, 0.6) is 0 Å². The van der Waals surface area contributed by atoms with E-state index in [0.29, 0.717) is 10.8 Å². The summed E-state index contributed by atoms with van der Waals surface area (Å²) >= 11 is 9.36. The second kappa shape index (κ2) is 4.67. The highest BCUT2D eigenvalue weighted by molar-refractivity contribution is 9.10. The first-order chi connectivity index (χ1) is 8.74. The van der Waals surface area contributed by atoms with Crippen LogP contribution in [0.3, 0.4) is 0 Å². The first kappa shape index (κ1) is 11.6. The maximum Gasteiger partial charge on any atom is 0.161 e. The molecule has 0 aliphatic rings. The molecule has 88 valence electrons. The van der Waals surface area contributed by atoms with Gasteiger partial charge >= 0.3 is 0 Å². The SMILES string of the molecule is Clc1ccc(-c2nc(Br)c3ccccc3n2)cc1. The Morgan fingerprint density at radius 3 is 2.39 bits per heavy atom. The Balaban J connectivity index is 2.21. The van der Waals surface area contributed by atoms with Gasteiger partial charge in [-0.05, 0) is 46.3 Å². The predicted molar refractivity (Wildman–Crippen MR) is 77.7 cm³/mol. The van der Waals surface area contributed by atoms with Crippen molar-refractivity contribution < 1.29 is 0 Å². The molecule has 1 heterocycles. The van der Waals surface area contributed by atoms with Gasteiger partial charge in [0.1, 0.15) is 4.60 Å². The van der Waals surface area contributed by atoms with E-state index in [-0.39, 0.29) is 0 Å². The van der Waals surface area contributed by atoms with Gasteiger partial charge in [0.15, 0.2) is 5.82 Å². The minimum atomic E-state index is 0.692. The molecular formula is C14H8BrClN2. The van der Waals surface area contributed by atoms with Gasteiger partial charge in [0.05, 0.1) is 5.52 Å². The van der Waals surface area contributed by atoms with Gasteiger partial charge in [-0.2, -0.15) is 0 Å². The number of fused-ring (bicyclic) bond motifs is 1. The summed E-state index contributed by atoms with van der Waals surface area (Å²) in [6, 6.07) is 15.4. The molecule has 0 saturated carbocycles. The number of rotatable bonds is 1. The molecule has 1 aromatic heterocycles. The molecule has 0 aliphatic carbocycles. The van der Waals surface area contributed by atoms with Gasteiger partial charge in [0.25, 0.3) is 0 Å². The van der Waals surface area contributed by atoms with E-state index in [2.05, 4.69) is 25.9 Å². The van der Waals surface area contributed by atoms with Crippen LogP contribution in [0.25, 0.3) is 22.3 Å².